The number of nitrogens with one attached hydrogen (secondary N) is 2. The van der Waals surface area contributed by atoms with Crippen molar-refractivity contribution in [2.24, 2.45) is 0 Å². The van der Waals surface area contributed by atoms with Crippen molar-refractivity contribution in [3.05, 3.63) is 67.1 Å². The van der Waals surface area contributed by atoms with Gasteiger partial charge in [-0.15, -0.1) is 0 Å². The lowest BCUT2D eigenvalue weighted by Crippen LogP contribution is -2.21. The molecule has 0 atom stereocenters. The molecule has 0 saturated carbocycles. The van der Waals surface area contributed by atoms with Crippen molar-refractivity contribution in [2.45, 2.75) is 6.18 Å². The molecule has 1 aromatic carbocycles. The maximum Gasteiger partial charge on any atom is 0.417 e. The maximum absolute atomic E-state index is 12.6. The number of rotatable bonds is 3. The number of aromatic amines is 1. The van der Waals surface area contributed by atoms with Gasteiger partial charge in [-0.25, -0.2) is 0 Å². The first-order chi connectivity index (χ1) is 11.1. The Morgan fingerprint density at radius 1 is 1.29 bits per heavy atom. The largest absolute Gasteiger partial charge is 0.417 e. The lowest BCUT2D eigenvalue weighted by Gasteiger charge is -2.09. The Morgan fingerprint density at radius 2 is 1.96 bits per heavy atom. The van der Waals surface area contributed by atoms with Crippen LogP contribution in [-0.2, 0) is 6.18 Å². The van der Waals surface area contributed by atoms with Crippen LogP contribution < -0.4 is 10.9 Å². The van der Waals surface area contributed by atoms with E-state index >= 15 is 0 Å². The number of halogens is 4. The van der Waals surface area contributed by atoms with E-state index in [1.807, 2.05) is 10.3 Å². The van der Waals surface area contributed by atoms with Crippen LogP contribution in [0.5, 0.6) is 0 Å². The predicted octanol–water partition coefficient (Wildman–Crippen LogP) is 3.21. The number of alkyl halides is 3. The van der Waals surface area contributed by atoms with E-state index in [9.17, 15) is 32.9 Å². The van der Waals surface area contributed by atoms with Gasteiger partial charge in [-0.3, -0.25) is 19.7 Å². The van der Waals surface area contributed by atoms with Gasteiger partial charge in [0.05, 0.1) is 21.1 Å². The molecule has 0 bridgehead atoms. The van der Waals surface area contributed by atoms with Crippen LogP contribution in [0.15, 0.2) is 35.3 Å². The molecule has 1 amide bonds. The number of carbonyl (C=O) groups is 1. The van der Waals surface area contributed by atoms with Gasteiger partial charge in [-0.05, 0) is 12.1 Å². The molecule has 7 nitrogen and oxygen atoms in total. The van der Waals surface area contributed by atoms with Gasteiger partial charge in [0.2, 0.25) is 0 Å². The number of H-pyrrole nitrogens is 1. The van der Waals surface area contributed by atoms with Crippen molar-refractivity contribution in [3.63, 3.8) is 0 Å². The predicted molar refractivity (Wildman–Crippen MR) is 78.1 cm³/mol. The molecule has 0 spiro atoms. The first-order valence-electron chi connectivity index (χ1n) is 6.15. The van der Waals surface area contributed by atoms with E-state index in [-0.39, 0.29) is 10.6 Å². The van der Waals surface area contributed by atoms with E-state index in [0.717, 1.165) is 18.2 Å². The minimum absolute atomic E-state index is 0.165. The minimum atomic E-state index is -4.73. The third-order valence-electron chi connectivity index (χ3n) is 2.88. The smallest absolute Gasteiger partial charge is 0.327 e. The zero-order valence-electron chi connectivity index (χ0n) is 11.5. The molecule has 1 heterocycles. The summed E-state index contributed by atoms with van der Waals surface area (Å²) in [6.45, 7) is 0. The van der Waals surface area contributed by atoms with Gasteiger partial charge >= 0.3 is 6.18 Å². The fourth-order valence-electron chi connectivity index (χ4n) is 1.73. The molecule has 24 heavy (non-hydrogen) atoms. The Morgan fingerprint density at radius 3 is 2.54 bits per heavy atom. The summed E-state index contributed by atoms with van der Waals surface area (Å²) in [5.74, 6) is -1.06. The number of hydrogen-bond donors (Lipinski definition) is 2. The summed E-state index contributed by atoms with van der Waals surface area (Å²) in [5.41, 5.74) is -3.62. The van der Waals surface area contributed by atoms with Crippen molar-refractivity contribution in [1.29, 1.82) is 0 Å². The number of nitro groups is 1. The van der Waals surface area contributed by atoms with E-state index in [0.29, 0.717) is 12.3 Å². The van der Waals surface area contributed by atoms with Crippen LogP contribution in [0.1, 0.15) is 15.9 Å². The van der Waals surface area contributed by atoms with Gasteiger partial charge in [0.1, 0.15) is 5.69 Å². The van der Waals surface area contributed by atoms with Crippen molar-refractivity contribution in [2.75, 3.05) is 5.32 Å². The summed E-state index contributed by atoms with van der Waals surface area (Å²) in [6.07, 6.45) is -4.27. The van der Waals surface area contributed by atoms with Gasteiger partial charge < -0.3 is 10.3 Å². The second-order valence-electron chi connectivity index (χ2n) is 4.50. The third-order valence-corrected chi connectivity index (χ3v) is 3.21. The van der Waals surface area contributed by atoms with Crippen LogP contribution in [0.2, 0.25) is 5.02 Å². The summed E-state index contributed by atoms with van der Waals surface area (Å²) in [5, 5.41) is 12.5. The molecule has 0 saturated heterocycles. The van der Waals surface area contributed by atoms with Crippen molar-refractivity contribution < 1.29 is 22.9 Å². The number of nitrogens with zero attached hydrogens (tertiary/aromatic N) is 1. The summed E-state index contributed by atoms with van der Waals surface area (Å²) in [6, 6.07) is 3.43. The Balaban J connectivity index is 2.39. The standard InChI is InChI=1S/C13H7ClF3N3O4/c14-9-2-1-7(20(23)24)4-8(9)11(21)19-10-3-6(13(15,16)17)5-18-12(10)22/h1-5H,(H,18,22)(H,19,21). The molecule has 0 aliphatic carbocycles. The number of nitro benzene ring substituents is 1. The number of aromatic nitrogens is 1. The van der Waals surface area contributed by atoms with Gasteiger partial charge in [-0.1, -0.05) is 11.6 Å². The number of benzene rings is 1. The Hall–Kier alpha value is -2.88. The van der Waals surface area contributed by atoms with Gasteiger partial charge in [0.15, 0.2) is 0 Å². The maximum atomic E-state index is 12.6. The summed E-state index contributed by atoms with van der Waals surface area (Å²) in [7, 11) is 0. The summed E-state index contributed by atoms with van der Waals surface area (Å²) < 4.78 is 37.9. The molecular formula is C13H7ClF3N3O4. The highest BCUT2D eigenvalue weighted by atomic mass is 35.5. The number of carbonyl (C=O) groups excluding carboxylic acids is 1. The van der Waals surface area contributed by atoms with Gasteiger partial charge in [0, 0.05) is 18.3 Å². The van der Waals surface area contributed by atoms with E-state index in [2.05, 4.69) is 0 Å². The lowest BCUT2D eigenvalue weighted by atomic mass is 10.1. The highest BCUT2D eigenvalue weighted by Crippen LogP contribution is 2.29. The highest BCUT2D eigenvalue weighted by molar-refractivity contribution is 6.34. The van der Waals surface area contributed by atoms with Crippen LogP contribution in [0, 0.1) is 10.1 Å². The van der Waals surface area contributed by atoms with Crippen LogP contribution in [0.4, 0.5) is 24.5 Å². The Labute approximate surface area is 136 Å². The van der Waals surface area contributed by atoms with Crippen LogP contribution in [-0.4, -0.2) is 15.8 Å². The summed E-state index contributed by atoms with van der Waals surface area (Å²) >= 11 is 5.76. The molecule has 2 aromatic rings. The average molecular weight is 362 g/mol. The van der Waals surface area contributed by atoms with E-state index in [1.165, 1.54) is 0 Å². The lowest BCUT2D eigenvalue weighted by molar-refractivity contribution is -0.384. The normalized spacial score (nSPS) is 11.2. The molecule has 0 radical (unpaired) electrons. The van der Waals surface area contributed by atoms with Crippen LogP contribution in [0.3, 0.4) is 0 Å². The average Bonchev–Trinajstić information content (AvgIpc) is 2.48. The molecule has 0 fully saturated rings. The highest BCUT2D eigenvalue weighted by Gasteiger charge is 2.31. The van der Waals surface area contributed by atoms with E-state index in [1.54, 1.807) is 0 Å². The van der Waals surface area contributed by atoms with Crippen molar-refractivity contribution >= 4 is 28.9 Å². The molecule has 0 unspecified atom stereocenters. The number of amides is 1. The van der Waals surface area contributed by atoms with Crippen LogP contribution >= 0.6 is 11.6 Å². The zero-order chi connectivity index (χ0) is 18.1. The van der Waals surface area contributed by atoms with Crippen molar-refractivity contribution in [3.8, 4) is 0 Å². The Bertz CT molecular complexity index is 879. The molecule has 1 aromatic heterocycles. The monoisotopic (exact) mass is 361 g/mol. The summed E-state index contributed by atoms with van der Waals surface area (Å²) in [4.78, 5) is 35.4. The SMILES string of the molecule is O=C(Nc1cc(C(F)(F)F)c[nH]c1=O)c1cc([N+](=O)[O-])ccc1Cl. The zero-order valence-corrected chi connectivity index (χ0v) is 12.2. The van der Waals surface area contributed by atoms with Crippen molar-refractivity contribution in [1.82, 2.24) is 4.98 Å². The van der Waals surface area contributed by atoms with Gasteiger partial charge in [-0.2, -0.15) is 13.2 Å². The fraction of sp³-hybridized carbons (Fsp3) is 0.0769. The molecule has 11 heteroatoms. The second-order valence-corrected chi connectivity index (χ2v) is 4.91. The first kappa shape index (κ1) is 17.5. The number of pyridine rings is 1. The van der Waals surface area contributed by atoms with Gasteiger partial charge in [0.25, 0.3) is 17.2 Å². The molecule has 0 aliphatic heterocycles. The fourth-order valence-corrected chi connectivity index (χ4v) is 1.93. The number of anilines is 1. The van der Waals surface area contributed by atoms with E-state index < -0.39 is 39.5 Å². The molecule has 0 aliphatic rings. The quantitative estimate of drug-likeness (QED) is 0.646. The molecular weight excluding hydrogens is 355 g/mol. The number of hydrogen-bond acceptors (Lipinski definition) is 4. The third kappa shape index (κ3) is 3.71. The second kappa shape index (κ2) is 6.32. The topological polar surface area (TPSA) is 105 Å². The van der Waals surface area contributed by atoms with E-state index in [4.69, 9.17) is 11.6 Å². The minimum Gasteiger partial charge on any atom is -0.327 e. The Kier molecular flexibility index (Phi) is 4.60. The molecule has 126 valence electrons. The molecule has 2 rings (SSSR count). The first-order valence-corrected chi connectivity index (χ1v) is 6.52. The molecule has 2 N–H and O–H groups in total. The van der Waals surface area contributed by atoms with Crippen LogP contribution in [0.25, 0.3) is 0 Å². The number of non-ortho nitro benzene ring substituents is 1.